The van der Waals surface area contributed by atoms with Crippen molar-refractivity contribution in [1.82, 2.24) is 0 Å². The van der Waals surface area contributed by atoms with Crippen LogP contribution >= 0.6 is 0 Å². The Bertz CT molecular complexity index is 674. The molecule has 0 unspecified atom stereocenters. The molecule has 18 heavy (non-hydrogen) atoms. The van der Waals surface area contributed by atoms with E-state index >= 15 is 0 Å². The highest BCUT2D eigenvalue weighted by atomic mass is 16.6. The second-order valence-electron chi connectivity index (χ2n) is 5.50. The second kappa shape index (κ2) is 3.14. The van der Waals surface area contributed by atoms with Gasteiger partial charge in [0.15, 0.2) is 0 Å². The van der Waals surface area contributed by atoms with Gasteiger partial charge in [-0.2, -0.15) is 0 Å². The van der Waals surface area contributed by atoms with E-state index in [0.717, 1.165) is 6.42 Å². The Morgan fingerprint density at radius 1 is 1.17 bits per heavy atom. The predicted molar refractivity (Wildman–Crippen MR) is 69.2 cm³/mol. The van der Waals surface area contributed by atoms with Gasteiger partial charge in [-0.15, -0.1) is 0 Å². The quantitative estimate of drug-likeness (QED) is 0.659. The number of carbonyl (C=O) groups is 1. The summed E-state index contributed by atoms with van der Waals surface area (Å²) in [6, 6.07) is 12.7. The Morgan fingerprint density at radius 2 is 2.00 bits per heavy atom. The molecule has 1 aliphatic heterocycles. The monoisotopic (exact) mass is 238 g/mol. The molecule has 0 saturated carbocycles. The first-order valence-electron chi connectivity index (χ1n) is 6.41. The standard InChI is InChI=1S/C16H14O2/c1-16-11(9-15(17)18-16)8-13-12-5-3-2-4-10(12)6-7-14(13)16/h2-7,11H,8-9H2,1H3/t11-,16+/m0/s1. The van der Waals surface area contributed by atoms with Gasteiger partial charge in [-0.05, 0) is 35.2 Å². The third-order valence-electron chi connectivity index (χ3n) is 4.54. The second-order valence-corrected chi connectivity index (χ2v) is 5.50. The molecule has 2 aliphatic rings. The van der Waals surface area contributed by atoms with Gasteiger partial charge >= 0.3 is 5.97 Å². The molecule has 1 heterocycles. The summed E-state index contributed by atoms with van der Waals surface area (Å²) in [5, 5.41) is 2.58. The summed E-state index contributed by atoms with van der Waals surface area (Å²) in [7, 11) is 0. The third kappa shape index (κ3) is 1.10. The first-order valence-corrected chi connectivity index (χ1v) is 6.41. The zero-order valence-corrected chi connectivity index (χ0v) is 10.3. The maximum Gasteiger partial charge on any atom is 0.307 e. The molecule has 0 aromatic heterocycles. The highest BCUT2D eigenvalue weighted by Gasteiger charge is 2.52. The minimum atomic E-state index is -0.392. The lowest BCUT2D eigenvalue weighted by molar-refractivity contribution is -0.148. The van der Waals surface area contributed by atoms with E-state index in [1.54, 1.807) is 0 Å². The van der Waals surface area contributed by atoms with Crippen LogP contribution in [0.4, 0.5) is 0 Å². The Kier molecular flexibility index (Phi) is 1.76. The normalized spacial score (nSPS) is 29.2. The van der Waals surface area contributed by atoms with Crippen molar-refractivity contribution in [3.8, 4) is 0 Å². The maximum absolute atomic E-state index is 11.5. The Morgan fingerprint density at radius 3 is 2.89 bits per heavy atom. The van der Waals surface area contributed by atoms with Gasteiger partial charge in [0.25, 0.3) is 0 Å². The molecule has 2 aromatic carbocycles. The van der Waals surface area contributed by atoms with Gasteiger partial charge in [0.05, 0.1) is 6.42 Å². The molecule has 0 spiro atoms. The van der Waals surface area contributed by atoms with Crippen LogP contribution in [0.5, 0.6) is 0 Å². The lowest BCUT2D eigenvalue weighted by Crippen LogP contribution is -2.24. The van der Waals surface area contributed by atoms with Crippen LogP contribution in [-0.2, 0) is 21.6 Å². The molecule has 90 valence electrons. The van der Waals surface area contributed by atoms with Gasteiger partial charge < -0.3 is 4.74 Å². The van der Waals surface area contributed by atoms with Crippen molar-refractivity contribution in [3.63, 3.8) is 0 Å². The smallest absolute Gasteiger partial charge is 0.307 e. The van der Waals surface area contributed by atoms with Crippen LogP contribution in [0.3, 0.4) is 0 Å². The Hall–Kier alpha value is -1.83. The van der Waals surface area contributed by atoms with E-state index in [1.807, 2.05) is 0 Å². The summed E-state index contributed by atoms with van der Waals surface area (Å²) in [6.07, 6.45) is 1.51. The number of hydrogen-bond donors (Lipinski definition) is 0. The first-order chi connectivity index (χ1) is 8.68. The number of carbonyl (C=O) groups excluding carboxylic acids is 1. The summed E-state index contributed by atoms with van der Waals surface area (Å²) >= 11 is 0. The SMILES string of the molecule is C[C@@]12OC(=O)C[C@@H]1Cc1c2ccc2ccccc12. The van der Waals surface area contributed by atoms with Gasteiger partial charge in [0.1, 0.15) is 5.60 Å². The average Bonchev–Trinajstić information content (AvgIpc) is 2.78. The molecule has 2 atom stereocenters. The summed E-state index contributed by atoms with van der Waals surface area (Å²) in [6.45, 7) is 2.06. The number of benzene rings is 2. The van der Waals surface area contributed by atoms with Crippen LogP contribution in [0.25, 0.3) is 10.8 Å². The van der Waals surface area contributed by atoms with Crippen molar-refractivity contribution in [1.29, 1.82) is 0 Å². The van der Waals surface area contributed by atoms with E-state index in [9.17, 15) is 4.79 Å². The Balaban J connectivity index is 2.00. The van der Waals surface area contributed by atoms with Gasteiger partial charge in [-0.25, -0.2) is 0 Å². The van der Waals surface area contributed by atoms with Gasteiger partial charge in [0.2, 0.25) is 0 Å². The zero-order valence-electron chi connectivity index (χ0n) is 10.3. The molecule has 1 fully saturated rings. The van der Waals surface area contributed by atoms with E-state index in [-0.39, 0.29) is 5.97 Å². The van der Waals surface area contributed by atoms with Crippen LogP contribution in [-0.4, -0.2) is 5.97 Å². The fourth-order valence-corrected chi connectivity index (χ4v) is 3.57. The zero-order chi connectivity index (χ0) is 12.3. The third-order valence-corrected chi connectivity index (χ3v) is 4.54. The van der Waals surface area contributed by atoms with Crippen LogP contribution < -0.4 is 0 Å². The fraction of sp³-hybridized carbons (Fsp3) is 0.312. The molecular formula is C16H14O2. The van der Waals surface area contributed by atoms with Gasteiger partial charge in [-0.3, -0.25) is 4.79 Å². The molecule has 2 aromatic rings. The van der Waals surface area contributed by atoms with E-state index < -0.39 is 5.60 Å². The molecular weight excluding hydrogens is 224 g/mol. The minimum Gasteiger partial charge on any atom is -0.454 e. The van der Waals surface area contributed by atoms with Crippen LogP contribution in [0.2, 0.25) is 0 Å². The Labute approximate surface area is 106 Å². The van der Waals surface area contributed by atoms with E-state index in [2.05, 4.69) is 43.3 Å². The van der Waals surface area contributed by atoms with Crippen LogP contribution in [0, 0.1) is 5.92 Å². The maximum atomic E-state index is 11.5. The van der Waals surface area contributed by atoms with E-state index in [4.69, 9.17) is 4.74 Å². The summed E-state index contributed by atoms with van der Waals surface area (Å²) in [4.78, 5) is 11.5. The van der Waals surface area contributed by atoms with Crippen molar-refractivity contribution in [2.75, 3.05) is 0 Å². The molecule has 1 saturated heterocycles. The van der Waals surface area contributed by atoms with Crippen molar-refractivity contribution < 1.29 is 9.53 Å². The predicted octanol–water partition coefficient (Wildman–Crippen LogP) is 3.17. The molecule has 0 radical (unpaired) electrons. The van der Waals surface area contributed by atoms with Crippen molar-refractivity contribution >= 4 is 16.7 Å². The molecule has 2 nitrogen and oxygen atoms in total. The van der Waals surface area contributed by atoms with E-state index in [1.165, 1.54) is 21.9 Å². The highest BCUT2D eigenvalue weighted by Crippen LogP contribution is 2.51. The molecule has 0 amide bonds. The number of ether oxygens (including phenoxy) is 1. The van der Waals surface area contributed by atoms with Crippen LogP contribution in [0.1, 0.15) is 24.5 Å². The first kappa shape index (κ1) is 10.1. The largest absolute Gasteiger partial charge is 0.454 e. The summed E-state index contributed by atoms with van der Waals surface area (Å²) in [5.74, 6) is 0.257. The molecule has 2 heteroatoms. The summed E-state index contributed by atoms with van der Waals surface area (Å²) in [5.41, 5.74) is 2.18. The van der Waals surface area contributed by atoms with Crippen LogP contribution in [0.15, 0.2) is 36.4 Å². The molecule has 0 N–H and O–H groups in total. The number of rotatable bonds is 0. The molecule has 4 rings (SSSR count). The average molecular weight is 238 g/mol. The molecule has 1 aliphatic carbocycles. The van der Waals surface area contributed by atoms with Gasteiger partial charge in [-0.1, -0.05) is 36.4 Å². The number of hydrogen-bond acceptors (Lipinski definition) is 2. The number of esters is 1. The number of fused-ring (bicyclic) bond motifs is 5. The lowest BCUT2D eigenvalue weighted by atomic mass is 9.89. The van der Waals surface area contributed by atoms with Crippen molar-refractivity contribution in [2.24, 2.45) is 5.92 Å². The highest BCUT2D eigenvalue weighted by molar-refractivity contribution is 5.88. The summed E-state index contributed by atoms with van der Waals surface area (Å²) < 4.78 is 5.61. The van der Waals surface area contributed by atoms with E-state index in [0.29, 0.717) is 12.3 Å². The van der Waals surface area contributed by atoms with Crippen molar-refractivity contribution in [2.45, 2.75) is 25.4 Å². The topological polar surface area (TPSA) is 26.3 Å². The lowest BCUT2D eigenvalue weighted by Gasteiger charge is -2.23. The van der Waals surface area contributed by atoms with Gasteiger partial charge in [0, 0.05) is 5.92 Å². The molecule has 0 bridgehead atoms. The minimum absolute atomic E-state index is 0.0543. The van der Waals surface area contributed by atoms with Crippen molar-refractivity contribution in [3.05, 3.63) is 47.5 Å². The fourth-order valence-electron chi connectivity index (χ4n) is 3.57.